The van der Waals surface area contributed by atoms with Crippen LogP contribution in [0.1, 0.15) is 36.3 Å². The molecule has 0 atom stereocenters. The number of hydrogen-bond donors (Lipinski definition) is 1. The molecule has 0 aromatic carbocycles. The van der Waals surface area contributed by atoms with Gasteiger partial charge in [-0.2, -0.15) is 5.10 Å². The van der Waals surface area contributed by atoms with E-state index in [1.54, 1.807) is 10.9 Å². The Balaban J connectivity index is 2.77. The Morgan fingerprint density at radius 2 is 2.25 bits per heavy atom. The van der Waals surface area contributed by atoms with Crippen LogP contribution in [0, 0.1) is 6.92 Å². The first-order valence-corrected chi connectivity index (χ1v) is 5.78. The van der Waals surface area contributed by atoms with Gasteiger partial charge < -0.3 is 5.32 Å². The number of nitrogens with one attached hydrogen (secondary N) is 1. The van der Waals surface area contributed by atoms with Crippen molar-refractivity contribution < 1.29 is 4.79 Å². The zero-order chi connectivity index (χ0) is 12.3. The van der Waals surface area contributed by atoms with Crippen molar-refractivity contribution in [2.24, 2.45) is 7.05 Å². The largest absolute Gasteiger partial charge is 0.347 e. The van der Waals surface area contributed by atoms with E-state index in [2.05, 4.69) is 10.4 Å². The fourth-order valence-corrected chi connectivity index (χ4v) is 1.87. The molecule has 0 unspecified atom stereocenters. The Labute approximate surface area is 101 Å². The molecular weight excluding hydrogens is 226 g/mol. The molecule has 5 heteroatoms. The first kappa shape index (κ1) is 13.0. The summed E-state index contributed by atoms with van der Waals surface area (Å²) in [7, 11) is 1.82. The third-order valence-corrected chi connectivity index (χ3v) is 2.84. The highest BCUT2D eigenvalue weighted by Crippen LogP contribution is 2.12. The van der Waals surface area contributed by atoms with Gasteiger partial charge in [-0.3, -0.25) is 9.48 Å². The average Bonchev–Trinajstić information content (AvgIpc) is 2.46. The summed E-state index contributed by atoms with van der Waals surface area (Å²) in [6.45, 7) is 5.79. The van der Waals surface area contributed by atoms with Crippen LogP contribution in [0.15, 0.2) is 6.20 Å². The Kier molecular flexibility index (Phi) is 3.97. The number of carbonyl (C=O) groups is 1. The van der Waals surface area contributed by atoms with Gasteiger partial charge in [0.1, 0.15) is 0 Å². The SMILES string of the molecule is Cc1c(C(=O)NC(C)(C)CCCl)cnn1C. The highest BCUT2D eigenvalue weighted by molar-refractivity contribution is 6.17. The Morgan fingerprint density at radius 3 is 2.69 bits per heavy atom. The maximum Gasteiger partial charge on any atom is 0.255 e. The predicted molar refractivity (Wildman–Crippen MR) is 64.8 cm³/mol. The fraction of sp³-hybridized carbons (Fsp3) is 0.636. The van der Waals surface area contributed by atoms with E-state index < -0.39 is 0 Å². The number of halogens is 1. The van der Waals surface area contributed by atoms with E-state index in [-0.39, 0.29) is 11.4 Å². The second kappa shape index (κ2) is 4.87. The first-order chi connectivity index (χ1) is 7.37. The molecule has 0 saturated carbocycles. The minimum atomic E-state index is -0.291. The van der Waals surface area contributed by atoms with Gasteiger partial charge in [-0.25, -0.2) is 0 Å². The van der Waals surface area contributed by atoms with Crippen molar-refractivity contribution in [2.45, 2.75) is 32.7 Å². The molecule has 0 saturated heterocycles. The van der Waals surface area contributed by atoms with E-state index in [4.69, 9.17) is 11.6 Å². The number of alkyl halides is 1. The number of aromatic nitrogens is 2. The summed E-state index contributed by atoms with van der Waals surface area (Å²) in [4.78, 5) is 12.0. The van der Waals surface area contributed by atoms with Gasteiger partial charge in [-0.1, -0.05) is 0 Å². The topological polar surface area (TPSA) is 46.9 Å². The second-order valence-corrected chi connectivity index (χ2v) is 4.92. The van der Waals surface area contributed by atoms with Crippen molar-refractivity contribution in [1.82, 2.24) is 15.1 Å². The molecule has 1 N–H and O–H groups in total. The van der Waals surface area contributed by atoms with E-state index in [1.807, 2.05) is 27.8 Å². The lowest BCUT2D eigenvalue weighted by atomic mass is 10.0. The van der Waals surface area contributed by atoms with Crippen LogP contribution >= 0.6 is 11.6 Å². The summed E-state index contributed by atoms with van der Waals surface area (Å²) in [5.74, 6) is 0.431. The number of hydrogen-bond acceptors (Lipinski definition) is 2. The summed E-state index contributed by atoms with van der Waals surface area (Å²) >= 11 is 5.68. The highest BCUT2D eigenvalue weighted by atomic mass is 35.5. The van der Waals surface area contributed by atoms with Crippen LogP contribution in [-0.2, 0) is 7.05 Å². The minimum Gasteiger partial charge on any atom is -0.347 e. The van der Waals surface area contributed by atoms with Crippen molar-refractivity contribution in [2.75, 3.05) is 5.88 Å². The second-order valence-electron chi connectivity index (χ2n) is 4.54. The number of rotatable bonds is 4. The molecule has 1 aromatic rings. The van der Waals surface area contributed by atoms with Gasteiger partial charge in [0, 0.05) is 24.2 Å². The van der Waals surface area contributed by atoms with Crippen LogP contribution in [0.3, 0.4) is 0 Å². The Morgan fingerprint density at radius 1 is 1.62 bits per heavy atom. The fourth-order valence-electron chi connectivity index (χ4n) is 1.40. The van der Waals surface area contributed by atoms with Gasteiger partial charge >= 0.3 is 0 Å². The molecule has 4 nitrogen and oxygen atoms in total. The van der Waals surface area contributed by atoms with Crippen molar-refractivity contribution in [3.63, 3.8) is 0 Å². The van der Waals surface area contributed by atoms with Gasteiger partial charge in [0.2, 0.25) is 0 Å². The number of nitrogens with zero attached hydrogens (tertiary/aromatic N) is 2. The minimum absolute atomic E-state index is 0.0966. The smallest absolute Gasteiger partial charge is 0.255 e. The van der Waals surface area contributed by atoms with Gasteiger partial charge in [-0.05, 0) is 27.2 Å². The zero-order valence-corrected chi connectivity index (χ0v) is 10.9. The van der Waals surface area contributed by atoms with Crippen molar-refractivity contribution in [3.05, 3.63) is 17.5 Å². The summed E-state index contributed by atoms with van der Waals surface area (Å²) in [5, 5.41) is 6.99. The first-order valence-electron chi connectivity index (χ1n) is 5.24. The van der Waals surface area contributed by atoms with E-state index >= 15 is 0 Å². The van der Waals surface area contributed by atoms with Crippen LogP contribution in [0.2, 0.25) is 0 Å². The Bertz CT molecular complexity index is 385. The summed E-state index contributed by atoms with van der Waals surface area (Å²) in [5.41, 5.74) is 1.19. The lowest BCUT2D eigenvalue weighted by Crippen LogP contribution is -2.43. The highest BCUT2D eigenvalue weighted by Gasteiger charge is 2.22. The van der Waals surface area contributed by atoms with Gasteiger partial charge in [0.25, 0.3) is 5.91 Å². The third kappa shape index (κ3) is 2.98. The average molecular weight is 244 g/mol. The molecule has 1 rings (SSSR count). The molecule has 1 heterocycles. The van der Waals surface area contributed by atoms with Crippen molar-refractivity contribution in [3.8, 4) is 0 Å². The molecule has 0 bridgehead atoms. The number of amides is 1. The van der Waals surface area contributed by atoms with Crippen LogP contribution in [0.25, 0.3) is 0 Å². The van der Waals surface area contributed by atoms with E-state index in [1.165, 1.54) is 0 Å². The van der Waals surface area contributed by atoms with Crippen LogP contribution in [0.5, 0.6) is 0 Å². The van der Waals surface area contributed by atoms with Crippen LogP contribution in [0.4, 0.5) is 0 Å². The lowest BCUT2D eigenvalue weighted by molar-refractivity contribution is 0.0911. The Hall–Kier alpha value is -1.03. The number of aryl methyl sites for hydroxylation is 1. The molecule has 0 aliphatic carbocycles. The van der Waals surface area contributed by atoms with Crippen molar-refractivity contribution in [1.29, 1.82) is 0 Å². The standard InChI is InChI=1S/C11H18ClN3O/c1-8-9(7-13-15(8)4)10(16)14-11(2,3)5-6-12/h7H,5-6H2,1-4H3,(H,14,16). The van der Waals surface area contributed by atoms with E-state index in [0.717, 1.165) is 12.1 Å². The van der Waals surface area contributed by atoms with E-state index in [0.29, 0.717) is 11.4 Å². The third-order valence-electron chi connectivity index (χ3n) is 2.65. The monoisotopic (exact) mass is 243 g/mol. The predicted octanol–water partition coefficient (Wildman–Crippen LogP) is 1.87. The summed E-state index contributed by atoms with van der Waals surface area (Å²) in [6.07, 6.45) is 2.32. The van der Waals surface area contributed by atoms with Gasteiger partial charge in [0.05, 0.1) is 11.8 Å². The normalized spacial score (nSPS) is 11.6. The molecule has 1 amide bonds. The molecule has 16 heavy (non-hydrogen) atoms. The van der Waals surface area contributed by atoms with Crippen LogP contribution in [-0.4, -0.2) is 27.1 Å². The molecule has 0 aliphatic heterocycles. The van der Waals surface area contributed by atoms with Gasteiger partial charge in [0.15, 0.2) is 0 Å². The molecule has 0 radical (unpaired) electrons. The molecular formula is C11H18ClN3O. The quantitative estimate of drug-likeness (QED) is 0.821. The summed E-state index contributed by atoms with van der Waals surface area (Å²) < 4.78 is 1.68. The molecule has 0 fully saturated rings. The van der Waals surface area contributed by atoms with Crippen LogP contribution < -0.4 is 5.32 Å². The molecule has 1 aromatic heterocycles. The molecule has 0 aliphatic rings. The maximum atomic E-state index is 12.0. The lowest BCUT2D eigenvalue weighted by Gasteiger charge is -2.25. The summed E-state index contributed by atoms with van der Waals surface area (Å²) in [6, 6.07) is 0. The van der Waals surface area contributed by atoms with E-state index in [9.17, 15) is 4.79 Å². The van der Waals surface area contributed by atoms with Gasteiger partial charge in [-0.15, -0.1) is 11.6 Å². The maximum absolute atomic E-state index is 12.0. The molecule has 90 valence electrons. The van der Waals surface area contributed by atoms with Crippen molar-refractivity contribution >= 4 is 17.5 Å². The zero-order valence-electron chi connectivity index (χ0n) is 10.2. The number of carbonyl (C=O) groups excluding carboxylic acids is 1. The molecule has 0 spiro atoms.